The highest BCUT2D eigenvalue weighted by Crippen LogP contribution is 2.25. The normalized spacial score (nSPS) is 11.1. The maximum absolute atomic E-state index is 13.0. The molecule has 0 amide bonds. The van der Waals surface area contributed by atoms with Crippen molar-refractivity contribution >= 4 is 17.5 Å². The van der Waals surface area contributed by atoms with E-state index in [1.807, 2.05) is 47.9 Å². The van der Waals surface area contributed by atoms with Gasteiger partial charge in [0.1, 0.15) is 0 Å². The molecular weight excluding hydrogens is 406 g/mol. The van der Waals surface area contributed by atoms with Gasteiger partial charge in [-0.1, -0.05) is 42.1 Å². The zero-order valence-corrected chi connectivity index (χ0v) is 18.8. The summed E-state index contributed by atoms with van der Waals surface area (Å²) in [5.74, 6) is 1.22. The Kier molecular flexibility index (Phi) is 6.32. The third-order valence-electron chi connectivity index (χ3n) is 5.36. The lowest BCUT2D eigenvalue weighted by atomic mass is 10.2. The highest BCUT2D eigenvalue weighted by molar-refractivity contribution is 7.99. The highest BCUT2D eigenvalue weighted by Gasteiger charge is 2.19. The van der Waals surface area contributed by atoms with Gasteiger partial charge >= 0.3 is 0 Å². The fraction of sp³-hybridized carbons (Fsp3) is 0.250. The van der Waals surface area contributed by atoms with E-state index in [1.54, 1.807) is 12.4 Å². The second-order valence-electron chi connectivity index (χ2n) is 7.35. The molecule has 0 atom stereocenters. The number of carbonyl (C=O) groups excluding carboxylic acids is 1. The maximum Gasteiger partial charge on any atom is 0.191 e. The summed E-state index contributed by atoms with van der Waals surface area (Å²) in [5.41, 5.74) is 5.05. The summed E-state index contributed by atoms with van der Waals surface area (Å²) in [5, 5.41) is 9.42. The number of hydrogen-bond acceptors (Lipinski definition) is 5. The number of rotatable bonds is 8. The molecule has 0 aliphatic carbocycles. The van der Waals surface area contributed by atoms with Crippen LogP contribution in [-0.2, 0) is 13.1 Å². The van der Waals surface area contributed by atoms with Crippen molar-refractivity contribution in [3.05, 3.63) is 83.4 Å². The number of nitrogens with zero attached hydrogens (tertiary/aromatic N) is 5. The first-order valence-corrected chi connectivity index (χ1v) is 11.3. The lowest BCUT2D eigenvalue weighted by Crippen LogP contribution is -2.08. The molecule has 3 heterocycles. The SMILES string of the molecule is CCn1c(SCC(=O)c2cc(C)n(Cc3ccccc3)c2C)nnc1-c1ccncc1. The number of aromatic nitrogens is 5. The van der Waals surface area contributed by atoms with Crippen molar-refractivity contribution in [1.82, 2.24) is 24.3 Å². The largest absolute Gasteiger partial charge is 0.344 e. The first-order chi connectivity index (χ1) is 15.1. The van der Waals surface area contributed by atoms with E-state index in [0.29, 0.717) is 5.75 Å². The average molecular weight is 432 g/mol. The summed E-state index contributed by atoms with van der Waals surface area (Å²) in [4.78, 5) is 17.1. The van der Waals surface area contributed by atoms with E-state index in [2.05, 4.69) is 45.7 Å². The van der Waals surface area contributed by atoms with Crippen molar-refractivity contribution in [2.45, 2.75) is 39.0 Å². The quantitative estimate of drug-likeness (QED) is 0.296. The molecule has 4 aromatic rings. The Balaban J connectivity index is 1.50. The Morgan fingerprint density at radius 2 is 1.74 bits per heavy atom. The van der Waals surface area contributed by atoms with Crippen LogP contribution < -0.4 is 0 Å². The first kappa shape index (κ1) is 21.1. The predicted molar refractivity (Wildman–Crippen MR) is 123 cm³/mol. The molecule has 4 rings (SSSR count). The molecular formula is C24H25N5OS. The molecule has 0 bridgehead atoms. The van der Waals surface area contributed by atoms with Gasteiger partial charge in [0, 0.05) is 48.0 Å². The van der Waals surface area contributed by atoms with Gasteiger partial charge in [-0.2, -0.15) is 0 Å². The number of carbonyl (C=O) groups is 1. The van der Waals surface area contributed by atoms with E-state index in [9.17, 15) is 4.79 Å². The van der Waals surface area contributed by atoms with Crippen LogP contribution in [0.1, 0.15) is 34.2 Å². The van der Waals surface area contributed by atoms with Gasteiger partial charge in [-0.05, 0) is 44.5 Å². The maximum atomic E-state index is 13.0. The molecule has 1 aromatic carbocycles. The van der Waals surface area contributed by atoms with Crippen LogP contribution in [0.4, 0.5) is 0 Å². The summed E-state index contributed by atoms with van der Waals surface area (Å²) < 4.78 is 4.23. The molecule has 0 N–H and O–H groups in total. The Morgan fingerprint density at radius 3 is 2.45 bits per heavy atom. The third kappa shape index (κ3) is 4.46. The summed E-state index contributed by atoms with van der Waals surface area (Å²) in [6.07, 6.45) is 3.48. The van der Waals surface area contributed by atoms with Gasteiger partial charge in [0.15, 0.2) is 16.8 Å². The zero-order valence-electron chi connectivity index (χ0n) is 17.9. The molecule has 6 nitrogen and oxygen atoms in total. The standard InChI is InChI=1S/C24H25N5OS/c1-4-28-23(20-10-12-25-13-11-20)26-27-24(28)31-16-22(30)21-14-17(2)29(18(21)3)15-19-8-6-5-7-9-19/h5-14H,4,15-16H2,1-3H3. The van der Waals surface area contributed by atoms with Gasteiger partial charge in [-0.25, -0.2) is 0 Å². The second kappa shape index (κ2) is 9.31. The van der Waals surface area contributed by atoms with Crippen LogP contribution in [0.5, 0.6) is 0 Å². The van der Waals surface area contributed by atoms with Crippen molar-refractivity contribution in [3.63, 3.8) is 0 Å². The lowest BCUT2D eigenvalue weighted by molar-refractivity contribution is 0.102. The number of benzene rings is 1. The van der Waals surface area contributed by atoms with Gasteiger partial charge in [0.25, 0.3) is 0 Å². The van der Waals surface area contributed by atoms with E-state index in [0.717, 1.165) is 46.6 Å². The van der Waals surface area contributed by atoms with E-state index in [4.69, 9.17) is 0 Å². The molecule has 0 radical (unpaired) electrons. The number of Topliss-reactive ketones (excluding diaryl/α,β-unsaturated/α-hetero) is 1. The van der Waals surface area contributed by atoms with Crippen LogP contribution in [0.15, 0.2) is 66.1 Å². The molecule has 0 unspecified atom stereocenters. The van der Waals surface area contributed by atoms with E-state index in [1.165, 1.54) is 17.3 Å². The second-order valence-corrected chi connectivity index (χ2v) is 8.30. The van der Waals surface area contributed by atoms with Gasteiger partial charge in [-0.3, -0.25) is 9.78 Å². The minimum Gasteiger partial charge on any atom is -0.344 e. The lowest BCUT2D eigenvalue weighted by Gasteiger charge is -2.10. The Labute approximate surface area is 186 Å². The highest BCUT2D eigenvalue weighted by atomic mass is 32.2. The molecule has 31 heavy (non-hydrogen) atoms. The number of thioether (sulfide) groups is 1. The van der Waals surface area contributed by atoms with Gasteiger partial charge in [0.05, 0.1) is 5.75 Å². The summed E-state index contributed by atoms with van der Waals surface area (Å²) in [6.45, 7) is 7.61. The van der Waals surface area contributed by atoms with Gasteiger partial charge in [0.2, 0.25) is 0 Å². The predicted octanol–water partition coefficient (Wildman–Crippen LogP) is 4.80. The molecule has 0 aliphatic rings. The van der Waals surface area contributed by atoms with Crippen LogP contribution in [0.3, 0.4) is 0 Å². The van der Waals surface area contributed by atoms with E-state index >= 15 is 0 Å². The van der Waals surface area contributed by atoms with Crippen molar-refractivity contribution in [3.8, 4) is 11.4 Å². The Bertz CT molecular complexity index is 1180. The molecule has 0 saturated carbocycles. The monoisotopic (exact) mass is 431 g/mol. The van der Waals surface area contributed by atoms with Crippen LogP contribution in [0.25, 0.3) is 11.4 Å². The average Bonchev–Trinajstić information content (AvgIpc) is 3.34. The van der Waals surface area contributed by atoms with Crippen molar-refractivity contribution in [1.29, 1.82) is 0 Å². The van der Waals surface area contributed by atoms with Crippen molar-refractivity contribution < 1.29 is 4.79 Å². The Morgan fingerprint density at radius 1 is 1.00 bits per heavy atom. The fourth-order valence-electron chi connectivity index (χ4n) is 3.70. The first-order valence-electron chi connectivity index (χ1n) is 10.3. The van der Waals surface area contributed by atoms with Crippen LogP contribution in [-0.4, -0.2) is 35.9 Å². The van der Waals surface area contributed by atoms with E-state index < -0.39 is 0 Å². The smallest absolute Gasteiger partial charge is 0.191 e. The number of ketones is 1. The van der Waals surface area contributed by atoms with Crippen molar-refractivity contribution in [2.24, 2.45) is 0 Å². The summed E-state index contributed by atoms with van der Waals surface area (Å²) in [7, 11) is 0. The molecule has 0 fully saturated rings. The van der Waals surface area contributed by atoms with E-state index in [-0.39, 0.29) is 5.78 Å². The fourth-order valence-corrected chi connectivity index (χ4v) is 4.58. The zero-order chi connectivity index (χ0) is 21.8. The number of hydrogen-bond donors (Lipinski definition) is 0. The number of pyridine rings is 1. The van der Waals surface area contributed by atoms with Crippen LogP contribution in [0.2, 0.25) is 0 Å². The molecule has 7 heteroatoms. The van der Waals surface area contributed by atoms with Crippen molar-refractivity contribution in [2.75, 3.05) is 5.75 Å². The summed E-state index contributed by atoms with van der Waals surface area (Å²) >= 11 is 1.43. The van der Waals surface area contributed by atoms with Gasteiger partial charge < -0.3 is 9.13 Å². The molecule has 0 saturated heterocycles. The Hall–Kier alpha value is -3.19. The molecule has 0 spiro atoms. The minimum absolute atomic E-state index is 0.105. The summed E-state index contributed by atoms with van der Waals surface area (Å²) in [6, 6.07) is 16.1. The molecule has 0 aliphatic heterocycles. The minimum atomic E-state index is 0.105. The van der Waals surface area contributed by atoms with Gasteiger partial charge in [-0.15, -0.1) is 10.2 Å². The molecule has 3 aromatic heterocycles. The molecule has 158 valence electrons. The van der Waals surface area contributed by atoms with Crippen LogP contribution >= 0.6 is 11.8 Å². The third-order valence-corrected chi connectivity index (χ3v) is 6.33. The topological polar surface area (TPSA) is 65.6 Å². The number of aryl methyl sites for hydroxylation is 1. The van der Waals surface area contributed by atoms with Crippen LogP contribution in [0, 0.1) is 13.8 Å².